The summed E-state index contributed by atoms with van der Waals surface area (Å²) in [6.45, 7) is 0.606. The molecule has 0 unspecified atom stereocenters. The van der Waals surface area contributed by atoms with E-state index in [9.17, 15) is 8.42 Å². The fraction of sp³-hybridized carbons (Fsp3) is 0.0667. The predicted molar refractivity (Wildman–Crippen MR) is 80.4 cm³/mol. The Morgan fingerprint density at radius 2 is 1.76 bits per heavy atom. The molecule has 1 aliphatic rings. The summed E-state index contributed by atoms with van der Waals surface area (Å²) in [4.78, 5) is 2.75. The maximum atomic E-state index is 12.3. The average Bonchev–Trinajstić information content (AvgIpc) is 2.96. The van der Waals surface area contributed by atoms with Crippen LogP contribution in [0.5, 0.6) is 0 Å². The fourth-order valence-corrected chi connectivity index (χ4v) is 3.06. The van der Waals surface area contributed by atoms with Gasteiger partial charge < -0.3 is 0 Å². The van der Waals surface area contributed by atoms with E-state index < -0.39 is 10.0 Å². The van der Waals surface area contributed by atoms with Gasteiger partial charge in [0.2, 0.25) is 0 Å². The fourth-order valence-electron chi connectivity index (χ4n) is 2.05. The number of hydrogen-bond acceptors (Lipinski definition) is 4. The number of nitrogens with zero attached hydrogens (tertiary/aromatic N) is 2. The third-order valence-electron chi connectivity index (χ3n) is 3.05. The summed E-state index contributed by atoms with van der Waals surface area (Å²) in [7, 11) is -3.62. The van der Waals surface area contributed by atoms with Crippen molar-refractivity contribution in [2.75, 3.05) is 11.6 Å². The van der Waals surface area contributed by atoms with Gasteiger partial charge in [-0.15, -0.1) is 4.83 Å². The van der Waals surface area contributed by atoms with Crippen molar-refractivity contribution in [3.8, 4) is 0 Å². The van der Waals surface area contributed by atoms with Crippen LogP contribution in [0.1, 0.15) is 0 Å². The van der Waals surface area contributed by atoms with Crippen LogP contribution in [0.15, 0.2) is 71.8 Å². The Hall–Kier alpha value is -2.31. The van der Waals surface area contributed by atoms with Crippen LogP contribution in [-0.4, -0.2) is 20.1 Å². The zero-order valence-electron chi connectivity index (χ0n) is 11.2. The number of para-hydroxylation sites is 1. The number of nitrogens with one attached hydrogen (secondary N) is 1. The van der Waals surface area contributed by atoms with Crippen molar-refractivity contribution in [2.24, 2.45) is 0 Å². The summed E-state index contributed by atoms with van der Waals surface area (Å²) in [6, 6.07) is 18.5. The molecule has 0 spiro atoms. The Balaban J connectivity index is 1.83. The van der Waals surface area contributed by atoms with Crippen LogP contribution in [0.2, 0.25) is 0 Å². The molecule has 0 saturated carbocycles. The van der Waals surface area contributed by atoms with Crippen molar-refractivity contribution in [1.29, 1.82) is 0 Å². The number of hydrazine groups is 2. The highest BCUT2D eigenvalue weighted by atomic mass is 32.2. The summed E-state index contributed by atoms with van der Waals surface area (Å²) in [5.74, 6) is 0. The van der Waals surface area contributed by atoms with E-state index in [1.165, 1.54) is 17.3 Å². The highest BCUT2D eigenvalue weighted by Gasteiger charge is 2.23. The zero-order chi connectivity index (χ0) is 14.7. The largest absolute Gasteiger partial charge is 0.267 e. The molecule has 107 valence electrons. The third kappa shape index (κ3) is 2.91. The molecule has 1 aliphatic heterocycles. The summed E-state index contributed by atoms with van der Waals surface area (Å²) in [5, 5.41) is 3.30. The number of sulfonamides is 1. The van der Waals surface area contributed by atoms with Crippen molar-refractivity contribution >= 4 is 15.7 Å². The second-order valence-corrected chi connectivity index (χ2v) is 6.14. The first-order valence-corrected chi connectivity index (χ1v) is 7.92. The van der Waals surface area contributed by atoms with Gasteiger partial charge in [0.15, 0.2) is 0 Å². The Morgan fingerprint density at radius 3 is 2.48 bits per heavy atom. The quantitative estimate of drug-likeness (QED) is 0.937. The second kappa shape index (κ2) is 5.59. The van der Waals surface area contributed by atoms with Gasteiger partial charge >= 0.3 is 0 Å². The third-order valence-corrected chi connectivity index (χ3v) is 4.37. The second-order valence-electron chi connectivity index (χ2n) is 4.48. The molecule has 1 heterocycles. The first kappa shape index (κ1) is 13.7. The van der Waals surface area contributed by atoms with Crippen LogP contribution in [-0.2, 0) is 10.0 Å². The molecule has 0 bridgehead atoms. The Morgan fingerprint density at radius 1 is 1.05 bits per heavy atom. The number of hydrogen-bond donors (Lipinski definition) is 1. The van der Waals surface area contributed by atoms with Gasteiger partial charge in [0.1, 0.15) is 0 Å². The average molecular weight is 300 g/mol. The summed E-state index contributed by atoms with van der Waals surface area (Å²) in [6.07, 6.45) is 3.58. The van der Waals surface area contributed by atoms with Crippen molar-refractivity contribution in [2.45, 2.75) is 4.90 Å². The lowest BCUT2D eigenvalue weighted by molar-refractivity contribution is 0.335. The molecule has 0 amide bonds. The molecule has 0 aromatic heterocycles. The number of rotatable bonds is 4. The van der Waals surface area contributed by atoms with Crippen LogP contribution in [0.4, 0.5) is 5.69 Å². The normalized spacial score (nSPS) is 14.7. The van der Waals surface area contributed by atoms with E-state index in [4.69, 9.17) is 0 Å². The highest BCUT2D eigenvalue weighted by molar-refractivity contribution is 7.89. The predicted octanol–water partition coefficient (Wildman–Crippen LogP) is 1.93. The van der Waals surface area contributed by atoms with Gasteiger partial charge in [0.25, 0.3) is 10.0 Å². The molecule has 2 aromatic rings. The summed E-state index contributed by atoms with van der Waals surface area (Å²) in [5.41, 5.74) is 0.909. The smallest absolute Gasteiger partial charge is 0.259 e. The molecule has 21 heavy (non-hydrogen) atoms. The molecule has 0 fully saturated rings. The lowest BCUT2D eigenvalue weighted by Gasteiger charge is -2.30. The lowest BCUT2D eigenvalue weighted by atomic mass is 10.3. The maximum absolute atomic E-state index is 12.3. The van der Waals surface area contributed by atoms with Gasteiger partial charge in [-0.3, -0.25) is 5.01 Å². The van der Waals surface area contributed by atoms with Crippen molar-refractivity contribution in [3.05, 3.63) is 72.9 Å². The van der Waals surface area contributed by atoms with E-state index in [0.717, 1.165) is 5.69 Å². The topological polar surface area (TPSA) is 52.7 Å². The van der Waals surface area contributed by atoms with Crippen LogP contribution in [0, 0.1) is 6.07 Å². The van der Waals surface area contributed by atoms with Crippen LogP contribution >= 0.6 is 0 Å². The molecule has 1 radical (unpaired) electrons. The van der Waals surface area contributed by atoms with Crippen LogP contribution < -0.4 is 9.84 Å². The Labute approximate surface area is 124 Å². The highest BCUT2D eigenvalue weighted by Crippen LogP contribution is 2.19. The molecule has 3 rings (SSSR count). The van der Waals surface area contributed by atoms with Crippen LogP contribution in [0.3, 0.4) is 0 Å². The van der Waals surface area contributed by atoms with Crippen LogP contribution in [0.25, 0.3) is 0 Å². The molecule has 0 atom stereocenters. The van der Waals surface area contributed by atoms with Gasteiger partial charge in [-0.1, -0.05) is 30.3 Å². The maximum Gasteiger partial charge on any atom is 0.259 e. The molecule has 5 nitrogen and oxygen atoms in total. The number of benzene rings is 2. The molecule has 2 aromatic carbocycles. The van der Waals surface area contributed by atoms with Gasteiger partial charge in [-0.05, 0) is 36.4 Å². The molecular weight excluding hydrogens is 286 g/mol. The van der Waals surface area contributed by atoms with Gasteiger partial charge in [-0.25, -0.2) is 13.5 Å². The van der Waals surface area contributed by atoms with E-state index >= 15 is 0 Å². The minimum Gasteiger partial charge on any atom is -0.267 e. The standard InChI is InChI=1S/C15H14N3O2S/c19-21(20,15-10-5-2-6-11-15)16-18-13-7-12-17(18)14-8-3-1-4-9-14/h1,3-11,13,16H,12H2. The van der Waals surface area contributed by atoms with Gasteiger partial charge in [-0.2, -0.15) is 0 Å². The summed E-state index contributed by atoms with van der Waals surface area (Å²) >= 11 is 0. The van der Waals surface area contributed by atoms with E-state index in [-0.39, 0.29) is 4.90 Å². The minimum absolute atomic E-state index is 0.203. The van der Waals surface area contributed by atoms with Crippen molar-refractivity contribution in [1.82, 2.24) is 9.95 Å². The Kier molecular flexibility index (Phi) is 3.64. The lowest BCUT2D eigenvalue weighted by Crippen LogP contribution is -2.47. The first-order chi connectivity index (χ1) is 10.2. The molecular formula is C15H14N3O2S. The van der Waals surface area contributed by atoms with E-state index in [1.54, 1.807) is 18.3 Å². The van der Waals surface area contributed by atoms with Crippen molar-refractivity contribution in [3.63, 3.8) is 0 Å². The molecule has 1 N–H and O–H groups in total. The minimum atomic E-state index is -3.62. The molecule has 0 aliphatic carbocycles. The Bertz CT molecular complexity index is 730. The zero-order valence-corrected chi connectivity index (χ0v) is 12.0. The van der Waals surface area contributed by atoms with E-state index in [1.807, 2.05) is 41.4 Å². The summed E-state index contributed by atoms with van der Waals surface area (Å²) < 4.78 is 24.7. The van der Waals surface area contributed by atoms with E-state index in [2.05, 4.69) is 10.9 Å². The van der Waals surface area contributed by atoms with Gasteiger partial charge in [0, 0.05) is 6.20 Å². The first-order valence-electron chi connectivity index (χ1n) is 6.44. The monoisotopic (exact) mass is 300 g/mol. The molecule has 6 heteroatoms. The van der Waals surface area contributed by atoms with Crippen molar-refractivity contribution < 1.29 is 8.42 Å². The molecule has 0 saturated heterocycles. The van der Waals surface area contributed by atoms with E-state index in [0.29, 0.717) is 6.54 Å². The van der Waals surface area contributed by atoms with Gasteiger partial charge in [0.05, 0.1) is 17.1 Å². The SMILES string of the molecule is O=S(=O)(NN1C=CCN1c1ccccc1)c1cc[c]cc1. The number of anilines is 1.